The van der Waals surface area contributed by atoms with Crippen molar-refractivity contribution >= 4 is 35.0 Å². The monoisotopic (exact) mass is 406 g/mol. The van der Waals surface area contributed by atoms with E-state index in [1.165, 1.54) is 5.56 Å². The van der Waals surface area contributed by atoms with Crippen LogP contribution in [0.2, 0.25) is 10.0 Å². The van der Waals surface area contributed by atoms with Crippen molar-refractivity contribution in [3.8, 4) is 0 Å². The van der Waals surface area contributed by atoms with E-state index in [0.717, 1.165) is 11.1 Å². The van der Waals surface area contributed by atoms with Gasteiger partial charge in [-0.1, -0.05) is 59.1 Å². The van der Waals surface area contributed by atoms with E-state index in [4.69, 9.17) is 23.2 Å². The van der Waals surface area contributed by atoms with Gasteiger partial charge in [0, 0.05) is 20.0 Å². The number of rotatable bonds is 7. The third-order valence-electron chi connectivity index (χ3n) is 4.50. The molecule has 27 heavy (non-hydrogen) atoms. The van der Waals surface area contributed by atoms with E-state index in [-0.39, 0.29) is 18.4 Å². The average Bonchev–Trinajstić information content (AvgIpc) is 2.67. The van der Waals surface area contributed by atoms with Crippen molar-refractivity contribution in [3.63, 3.8) is 0 Å². The van der Waals surface area contributed by atoms with Gasteiger partial charge in [-0.05, 0) is 43.5 Å². The number of aryl methyl sites for hydroxylation is 2. The summed E-state index contributed by atoms with van der Waals surface area (Å²) >= 11 is 12.1. The lowest BCUT2D eigenvalue weighted by molar-refractivity contribution is -0.140. The van der Waals surface area contributed by atoms with Gasteiger partial charge < -0.3 is 10.2 Å². The predicted octanol–water partition coefficient (Wildman–Crippen LogP) is 4.40. The van der Waals surface area contributed by atoms with E-state index in [1.54, 1.807) is 31.0 Å². The van der Waals surface area contributed by atoms with Crippen molar-refractivity contribution in [1.29, 1.82) is 0 Å². The van der Waals surface area contributed by atoms with Crippen molar-refractivity contribution in [2.75, 3.05) is 7.05 Å². The van der Waals surface area contributed by atoms with Crippen LogP contribution in [0.15, 0.2) is 42.5 Å². The number of benzene rings is 2. The van der Waals surface area contributed by atoms with Crippen molar-refractivity contribution in [2.24, 2.45) is 0 Å². The van der Waals surface area contributed by atoms with Crippen LogP contribution in [0, 0.1) is 6.92 Å². The number of amides is 2. The van der Waals surface area contributed by atoms with Gasteiger partial charge in [-0.3, -0.25) is 9.59 Å². The molecule has 6 heteroatoms. The number of nitrogens with zero attached hydrogens (tertiary/aromatic N) is 1. The van der Waals surface area contributed by atoms with Crippen LogP contribution in [-0.4, -0.2) is 29.8 Å². The number of halogens is 2. The van der Waals surface area contributed by atoms with E-state index >= 15 is 0 Å². The molecule has 1 N–H and O–H groups in total. The number of likely N-dealkylation sites (N-methyl/N-ethyl adjacent to an activating group) is 1. The van der Waals surface area contributed by atoms with Crippen LogP contribution in [0.25, 0.3) is 0 Å². The molecule has 0 aliphatic rings. The zero-order valence-electron chi connectivity index (χ0n) is 15.8. The highest BCUT2D eigenvalue weighted by Gasteiger charge is 2.25. The Morgan fingerprint density at radius 2 is 1.67 bits per heavy atom. The van der Waals surface area contributed by atoms with Gasteiger partial charge in [-0.15, -0.1) is 0 Å². The molecule has 144 valence electrons. The molecule has 2 rings (SSSR count). The first-order chi connectivity index (χ1) is 12.8. The third-order valence-corrected chi connectivity index (χ3v) is 5.24. The minimum Gasteiger partial charge on any atom is -0.357 e. The second kappa shape index (κ2) is 9.77. The molecule has 0 saturated heterocycles. The van der Waals surface area contributed by atoms with Gasteiger partial charge in [0.1, 0.15) is 6.04 Å². The Balaban J connectivity index is 2.14. The quantitative estimate of drug-likeness (QED) is 0.740. The molecule has 0 fully saturated rings. The molecule has 0 aliphatic heterocycles. The molecule has 0 radical (unpaired) electrons. The maximum absolute atomic E-state index is 12.9. The maximum atomic E-state index is 12.9. The molecule has 0 spiro atoms. The molecule has 1 unspecified atom stereocenters. The lowest BCUT2D eigenvalue weighted by Crippen LogP contribution is -2.46. The van der Waals surface area contributed by atoms with Crippen LogP contribution in [0.3, 0.4) is 0 Å². The van der Waals surface area contributed by atoms with Gasteiger partial charge in [0.15, 0.2) is 0 Å². The molecular weight excluding hydrogens is 383 g/mol. The Morgan fingerprint density at radius 1 is 1.04 bits per heavy atom. The molecule has 2 amide bonds. The number of carbonyl (C=O) groups excluding carboxylic acids is 2. The Hall–Kier alpha value is -2.04. The van der Waals surface area contributed by atoms with Crippen LogP contribution >= 0.6 is 23.2 Å². The van der Waals surface area contributed by atoms with E-state index < -0.39 is 6.04 Å². The highest BCUT2D eigenvalue weighted by Crippen LogP contribution is 2.24. The fraction of sp³-hybridized carbons (Fsp3) is 0.333. The molecule has 4 nitrogen and oxygen atoms in total. The molecular formula is C21H24Cl2N2O2. The van der Waals surface area contributed by atoms with Gasteiger partial charge in [-0.2, -0.15) is 0 Å². The topological polar surface area (TPSA) is 49.4 Å². The lowest BCUT2D eigenvalue weighted by atomic mass is 10.1. The Morgan fingerprint density at radius 3 is 2.26 bits per heavy atom. The Bertz CT molecular complexity index is 806. The first-order valence-electron chi connectivity index (χ1n) is 8.82. The summed E-state index contributed by atoms with van der Waals surface area (Å²) < 4.78 is 0. The number of carbonyl (C=O) groups is 2. The van der Waals surface area contributed by atoms with Gasteiger partial charge in [0.05, 0.1) is 10.0 Å². The van der Waals surface area contributed by atoms with E-state index in [2.05, 4.69) is 5.32 Å². The lowest BCUT2D eigenvalue weighted by Gasteiger charge is -2.28. The minimum atomic E-state index is -0.588. The van der Waals surface area contributed by atoms with Crippen molar-refractivity contribution in [3.05, 3.63) is 69.2 Å². The van der Waals surface area contributed by atoms with E-state index in [1.807, 2.05) is 37.3 Å². The zero-order valence-corrected chi connectivity index (χ0v) is 17.3. The van der Waals surface area contributed by atoms with E-state index in [0.29, 0.717) is 22.9 Å². The molecule has 1 atom stereocenters. The average molecular weight is 407 g/mol. The first-order valence-corrected chi connectivity index (χ1v) is 9.58. The number of hydrogen-bond acceptors (Lipinski definition) is 2. The molecule has 2 aromatic rings. The number of nitrogens with one attached hydrogen (secondary N) is 1. The predicted molar refractivity (Wildman–Crippen MR) is 110 cm³/mol. The summed E-state index contributed by atoms with van der Waals surface area (Å²) in [4.78, 5) is 26.6. The Kier molecular flexibility index (Phi) is 7.69. The Labute approximate surface area is 170 Å². The van der Waals surface area contributed by atoms with Gasteiger partial charge in [0.25, 0.3) is 0 Å². The fourth-order valence-electron chi connectivity index (χ4n) is 2.78. The second-order valence-corrected chi connectivity index (χ2v) is 7.36. The molecule has 0 aromatic heterocycles. The first kappa shape index (κ1) is 21.3. The van der Waals surface area contributed by atoms with E-state index in [9.17, 15) is 9.59 Å². The van der Waals surface area contributed by atoms with Gasteiger partial charge in [-0.25, -0.2) is 0 Å². The minimum absolute atomic E-state index is 0.0854. The summed E-state index contributed by atoms with van der Waals surface area (Å²) in [6.07, 6.45) is 0.948. The summed E-state index contributed by atoms with van der Waals surface area (Å²) in [5.41, 5.74) is 3.10. The molecule has 2 aromatic carbocycles. The highest BCUT2D eigenvalue weighted by molar-refractivity contribution is 6.42. The van der Waals surface area contributed by atoms with Gasteiger partial charge in [0.2, 0.25) is 11.8 Å². The molecule has 0 saturated carbocycles. The largest absolute Gasteiger partial charge is 0.357 e. The van der Waals surface area contributed by atoms with Gasteiger partial charge >= 0.3 is 0 Å². The van der Waals surface area contributed by atoms with Crippen LogP contribution in [-0.2, 0) is 22.6 Å². The SMILES string of the molecule is CNC(=O)C(C)N(Cc1ccc(Cl)c(Cl)c1)C(=O)CCc1ccc(C)cc1. The van der Waals surface area contributed by atoms with Crippen LogP contribution in [0.5, 0.6) is 0 Å². The molecule has 0 bridgehead atoms. The van der Waals surface area contributed by atoms with Crippen LogP contribution in [0.4, 0.5) is 0 Å². The van der Waals surface area contributed by atoms with Crippen molar-refractivity contribution in [2.45, 2.75) is 39.3 Å². The summed E-state index contributed by atoms with van der Waals surface area (Å²) in [5.74, 6) is -0.295. The second-order valence-electron chi connectivity index (χ2n) is 6.55. The van der Waals surface area contributed by atoms with Crippen molar-refractivity contribution in [1.82, 2.24) is 10.2 Å². The summed E-state index contributed by atoms with van der Waals surface area (Å²) in [5, 5.41) is 3.49. The zero-order chi connectivity index (χ0) is 20.0. The maximum Gasteiger partial charge on any atom is 0.242 e. The summed E-state index contributed by atoms with van der Waals surface area (Å²) in [6.45, 7) is 4.04. The van der Waals surface area contributed by atoms with Crippen LogP contribution in [0.1, 0.15) is 30.0 Å². The summed E-state index contributed by atoms with van der Waals surface area (Å²) in [6, 6.07) is 12.7. The normalized spacial score (nSPS) is 11.7. The molecule has 0 heterocycles. The van der Waals surface area contributed by atoms with Crippen LogP contribution < -0.4 is 5.32 Å². The smallest absolute Gasteiger partial charge is 0.242 e. The molecule has 0 aliphatic carbocycles. The summed E-state index contributed by atoms with van der Waals surface area (Å²) in [7, 11) is 1.56. The third kappa shape index (κ3) is 5.98. The standard InChI is InChI=1S/C21H24Cl2N2O2/c1-14-4-6-16(7-5-14)9-11-20(26)25(15(2)21(27)24-3)13-17-8-10-18(22)19(23)12-17/h4-8,10,12,15H,9,11,13H2,1-3H3,(H,24,27). The highest BCUT2D eigenvalue weighted by atomic mass is 35.5. The van der Waals surface area contributed by atoms with Crippen molar-refractivity contribution < 1.29 is 9.59 Å². The fourth-order valence-corrected chi connectivity index (χ4v) is 3.10. The number of hydrogen-bond donors (Lipinski definition) is 1.